The van der Waals surface area contributed by atoms with Gasteiger partial charge in [-0.15, -0.1) is 11.3 Å². The third-order valence-electron chi connectivity index (χ3n) is 2.85. The predicted molar refractivity (Wildman–Crippen MR) is 88.8 cm³/mol. The molecule has 0 fully saturated rings. The van der Waals surface area contributed by atoms with Gasteiger partial charge in [0, 0.05) is 21.5 Å². The van der Waals surface area contributed by atoms with Crippen LogP contribution < -0.4 is 5.32 Å². The van der Waals surface area contributed by atoms with Crippen molar-refractivity contribution >= 4 is 39.1 Å². The predicted octanol–water partition coefficient (Wildman–Crippen LogP) is 3.09. The topological polar surface area (TPSA) is 79.3 Å². The number of hydrogen-bond donors (Lipinski definition) is 2. The summed E-state index contributed by atoms with van der Waals surface area (Å²) in [5.74, 6) is -1.15. The minimum atomic E-state index is -0.932. The molecule has 0 saturated carbocycles. The summed E-state index contributed by atoms with van der Waals surface area (Å²) in [6, 6.07) is 7.41. The second kappa shape index (κ2) is 7.51. The van der Waals surface area contributed by atoms with Crippen LogP contribution in [0.1, 0.15) is 19.0 Å². The van der Waals surface area contributed by atoms with Gasteiger partial charge < -0.3 is 10.4 Å². The highest BCUT2D eigenvalue weighted by Gasteiger charge is 2.13. The van der Waals surface area contributed by atoms with Crippen molar-refractivity contribution in [2.75, 3.05) is 0 Å². The Balaban J connectivity index is 1.97. The average Bonchev–Trinajstić information content (AvgIpc) is 2.85. The molecule has 7 heteroatoms. The number of aromatic nitrogens is 1. The van der Waals surface area contributed by atoms with Gasteiger partial charge in [-0.1, -0.05) is 28.1 Å². The molecule has 0 aliphatic rings. The van der Waals surface area contributed by atoms with E-state index in [1.165, 1.54) is 11.3 Å². The SMILES string of the molecule is CC(CC(=O)O)NC(=O)Cc1csc(-c2cccc(Br)c2)n1. The van der Waals surface area contributed by atoms with Gasteiger partial charge in [0.1, 0.15) is 5.01 Å². The summed E-state index contributed by atoms with van der Waals surface area (Å²) in [5, 5.41) is 14.0. The second-order valence-electron chi connectivity index (χ2n) is 4.90. The smallest absolute Gasteiger partial charge is 0.305 e. The van der Waals surface area contributed by atoms with Crippen LogP contribution in [0.2, 0.25) is 0 Å². The van der Waals surface area contributed by atoms with E-state index in [4.69, 9.17) is 5.11 Å². The van der Waals surface area contributed by atoms with Gasteiger partial charge >= 0.3 is 5.97 Å². The summed E-state index contributed by atoms with van der Waals surface area (Å²) in [6.07, 6.45) is 0.0561. The second-order valence-corrected chi connectivity index (χ2v) is 6.67. The molecule has 2 aromatic rings. The summed E-state index contributed by atoms with van der Waals surface area (Å²) >= 11 is 4.89. The maximum absolute atomic E-state index is 11.9. The minimum Gasteiger partial charge on any atom is -0.481 e. The maximum Gasteiger partial charge on any atom is 0.305 e. The van der Waals surface area contributed by atoms with Crippen molar-refractivity contribution in [1.29, 1.82) is 0 Å². The number of nitrogens with zero attached hydrogens (tertiary/aromatic N) is 1. The lowest BCUT2D eigenvalue weighted by atomic mass is 10.2. The van der Waals surface area contributed by atoms with Crippen molar-refractivity contribution < 1.29 is 14.7 Å². The number of aliphatic carboxylic acids is 1. The van der Waals surface area contributed by atoms with Crippen molar-refractivity contribution in [2.24, 2.45) is 0 Å². The number of nitrogens with one attached hydrogen (secondary N) is 1. The summed E-state index contributed by atoms with van der Waals surface area (Å²) < 4.78 is 0.974. The number of rotatable bonds is 6. The Morgan fingerprint density at radius 3 is 2.91 bits per heavy atom. The summed E-state index contributed by atoms with van der Waals surface area (Å²) in [7, 11) is 0. The molecular weight excluding hydrogens is 368 g/mol. The van der Waals surface area contributed by atoms with Crippen LogP contribution >= 0.6 is 27.3 Å². The Morgan fingerprint density at radius 2 is 2.23 bits per heavy atom. The van der Waals surface area contributed by atoms with Gasteiger partial charge in [-0.2, -0.15) is 0 Å². The molecule has 5 nitrogen and oxygen atoms in total. The number of carbonyl (C=O) groups is 2. The van der Waals surface area contributed by atoms with Crippen molar-refractivity contribution in [3.8, 4) is 10.6 Å². The van der Waals surface area contributed by atoms with E-state index in [9.17, 15) is 9.59 Å². The largest absolute Gasteiger partial charge is 0.481 e. The Labute approximate surface area is 140 Å². The Hall–Kier alpha value is -1.73. The molecule has 0 aliphatic carbocycles. The third-order valence-corrected chi connectivity index (χ3v) is 4.29. The van der Waals surface area contributed by atoms with Crippen LogP contribution in [0.25, 0.3) is 10.6 Å². The fourth-order valence-electron chi connectivity index (χ4n) is 1.95. The molecule has 1 aromatic carbocycles. The first-order valence-corrected chi connectivity index (χ1v) is 8.33. The van der Waals surface area contributed by atoms with Gasteiger partial charge in [0.15, 0.2) is 0 Å². The number of benzene rings is 1. The zero-order valence-corrected chi connectivity index (χ0v) is 14.3. The number of amides is 1. The van der Waals surface area contributed by atoms with Gasteiger partial charge in [0.2, 0.25) is 5.91 Å². The van der Waals surface area contributed by atoms with Gasteiger partial charge in [0.05, 0.1) is 18.5 Å². The van der Waals surface area contributed by atoms with E-state index >= 15 is 0 Å². The molecule has 22 heavy (non-hydrogen) atoms. The number of carbonyl (C=O) groups excluding carboxylic acids is 1. The molecule has 0 bridgehead atoms. The van der Waals surface area contributed by atoms with E-state index in [0.29, 0.717) is 5.69 Å². The number of hydrogen-bond acceptors (Lipinski definition) is 4. The van der Waals surface area contributed by atoms with Gasteiger partial charge in [-0.05, 0) is 19.1 Å². The molecule has 0 radical (unpaired) electrons. The Bertz CT molecular complexity index is 687. The van der Waals surface area contributed by atoms with Crippen LogP contribution in [0.3, 0.4) is 0 Å². The van der Waals surface area contributed by atoms with E-state index in [1.807, 2.05) is 29.6 Å². The number of halogens is 1. The van der Waals surface area contributed by atoms with E-state index in [2.05, 4.69) is 26.2 Å². The lowest BCUT2D eigenvalue weighted by Gasteiger charge is -2.10. The summed E-state index contributed by atoms with van der Waals surface area (Å²) in [4.78, 5) is 26.9. The number of carboxylic acids is 1. The van der Waals surface area contributed by atoms with Gasteiger partial charge in [0.25, 0.3) is 0 Å². The lowest BCUT2D eigenvalue weighted by molar-refractivity contribution is -0.137. The fourth-order valence-corrected chi connectivity index (χ4v) is 3.16. The van der Waals surface area contributed by atoms with Gasteiger partial charge in [-0.25, -0.2) is 4.98 Å². The minimum absolute atomic E-state index is 0.0912. The van der Waals surface area contributed by atoms with Crippen molar-refractivity contribution in [1.82, 2.24) is 10.3 Å². The van der Waals surface area contributed by atoms with Crippen molar-refractivity contribution in [3.05, 3.63) is 39.8 Å². The van der Waals surface area contributed by atoms with E-state index in [0.717, 1.165) is 15.0 Å². The van der Waals surface area contributed by atoms with Crippen LogP contribution in [0.15, 0.2) is 34.1 Å². The summed E-state index contributed by atoms with van der Waals surface area (Å²) in [6.45, 7) is 1.67. The molecule has 0 aliphatic heterocycles. The molecule has 1 unspecified atom stereocenters. The molecule has 0 saturated heterocycles. The Morgan fingerprint density at radius 1 is 1.45 bits per heavy atom. The van der Waals surface area contributed by atoms with Crippen LogP contribution in [0.4, 0.5) is 0 Å². The molecular formula is C15H15BrN2O3S. The standard InChI is InChI=1S/C15H15BrN2O3S/c1-9(5-14(20)21)17-13(19)7-12-8-22-15(18-12)10-3-2-4-11(16)6-10/h2-4,6,8-9H,5,7H2,1H3,(H,17,19)(H,20,21). The molecule has 1 atom stereocenters. The summed E-state index contributed by atoms with van der Waals surface area (Å²) in [5.41, 5.74) is 1.67. The van der Waals surface area contributed by atoms with Crippen LogP contribution in [-0.4, -0.2) is 28.0 Å². The van der Waals surface area contributed by atoms with E-state index in [-0.39, 0.29) is 18.7 Å². The lowest BCUT2D eigenvalue weighted by Crippen LogP contribution is -2.35. The quantitative estimate of drug-likeness (QED) is 0.804. The molecule has 2 rings (SSSR count). The molecule has 1 heterocycles. The highest BCUT2D eigenvalue weighted by molar-refractivity contribution is 9.10. The fraction of sp³-hybridized carbons (Fsp3) is 0.267. The molecule has 1 aromatic heterocycles. The Kier molecular flexibility index (Phi) is 5.68. The number of thiazole rings is 1. The maximum atomic E-state index is 11.9. The zero-order valence-electron chi connectivity index (χ0n) is 11.9. The van der Waals surface area contributed by atoms with Gasteiger partial charge in [-0.3, -0.25) is 9.59 Å². The van der Waals surface area contributed by atoms with E-state index in [1.54, 1.807) is 6.92 Å². The molecule has 1 amide bonds. The van der Waals surface area contributed by atoms with Crippen LogP contribution in [0, 0.1) is 0 Å². The molecule has 2 N–H and O–H groups in total. The molecule has 116 valence electrons. The third kappa shape index (κ3) is 4.92. The molecule has 0 spiro atoms. The van der Waals surface area contributed by atoms with Crippen molar-refractivity contribution in [2.45, 2.75) is 25.8 Å². The highest BCUT2D eigenvalue weighted by atomic mass is 79.9. The van der Waals surface area contributed by atoms with E-state index < -0.39 is 12.0 Å². The normalized spacial score (nSPS) is 11.9. The zero-order chi connectivity index (χ0) is 16.1. The van der Waals surface area contributed by atoms with Crippen LogP contribution in [0.5, 0.6) is 0 Å². The average molecular weight is 383 g/mol. The van der Waals surface area contributed by atoms with Crippen molar-refractivity contribution in [3.63, 3.8) is 0 Å². The highest BCUT2D eigenvalue weighted by Crippen LogP contribution is 2.26. The monoisotopic (exact) mass is 382 g/mol. The number of carboxylic acid groups (broad SMARTS) is 1. The van der Waals surface area contributed by atoms with Crippen LogP contribution in [-0.2, 0) is 16.0 Å². The first-order chi connectivity index (χ1) is 10.4. The first kappa shape index (κ1) is 16.6. The first-order valence-electron chi connectivity index (χ1n) is 6.65.